The number of aryl methyl sites for hydroxylation is 1. The van der Waals surface area contributed by atoms with Gasteiger partial charge >= 0.3 is 0 Å². The Morgan fingerprint density at radius 3 is 2.88 bits per heavy atom. The van der Waals surface area contributed by atoms with E-state index in [0.717, 1.165) is 6.29 Å². The molecular formula is C11H9ClN2O3. The second-order valence-electron chi connectivity index (χ2n) is 3.39. The van der Waals surface area contributed by atoms with Crippen LogP contribution in [0.3, 0.4) is 0 Å². The maximum Gasteiger partial charge on any atom is 0.150 e. The van der Waals surface area contributed by atoms with Crippen LogP contribution in [-0.2, 0) is 6.61 Å². The number of carbonyl (C=O) groups is 1. The van der Waals surface area contributed by atoms with Gasteiger partial charge < -0.3 is 4.74 Å². The zero-order chi connectivity index (χ0) is 12.3. The first kappa shape index (κ1) is 11.6. The highest BCUT2D eigenvalue weighted by Crippen LogP contribution is 2.25. The smallest absolute Gasteiger partial charge is 0.150 e. The molecule has 0 amide bonds. The Morgan fingerprint density at radius 2 is 2.29 bits per heavy atom. The highest BCUT2D eigenvalue weighted by Gasteiger charge is 2.08. The lowest BCUT2D eigenvalue weighted by Gasteiger charge is -2.06. The minimum absolute atomic E-state index is 0.218. The van der Waals surface area contributed by atoms with Crippen LogP contribution in [0, 0.1) is 6.92 Å². The number of ether oxygens (including phenoxy) is 1. The van der Waals surface area contributed by atoms with Crippen molar-refractivity contribution in [3.8, 4) is 5.75 Å². The Labute approximate surface area is 102 Å². The van der Waals surface area contributed by atoms with Crippen molar-refractivity contribution in [3.63, 3.8) is 0 Å². The third-order valence-corrected chi connectivity index (χ3v) is 2.50. The van der Waals surface area contributed by atoms with Crippen LogP contribution in [0.25, 0.3) is 0 Å². The molecule has 0 N–H and O–H groups in total. The number of hydrogen-bond donors (Lipinski definition) is 0. The van der Waals surface area contributed by atoms with Gasteiger partial charge in [-0.15, -0.1) is 0 Å². The molecular weight excluding hydrogens is 244 g/mol. The molecule has 1 heterocycles. The van der Waals surface area contributed by atoms with Gasteiger partial charge in [-0.3, -0.25) is 4.79 Å². The molecule has 1 aromatic heterocycles. The first-order valence-corrected chi connectivity index (χ1v) is 5.24. The molecule has 0 saturated carbocycles. The van der Waals surface area contributed by atoms with Gasteiger partial charge in [0.2, 0.25) is 0 Å². The van der Waals surface area contributed by atoms with Crippen LogP contribution < -0.4 is 4.74 Å². The number of halogens is 1. The highest BCUT2D eigenvalue weighted by molar-refractivity contribution is 6.32. The zero-order valence-corrected chi connectivity index (χ0v) is 9.77. The number of carbonyl (C=O) groups excluding carboxylic acids is 1. The quantitative estimate of drug-likeness (QED) is 0.782. The fourth-order valence-electron chi connectivity index (χ4n) is 1.23. The van der Waals surface area contributed by atoms with E-state index in [1.54, 1.807) is 19.1 Å². The molecule has 0 atom stereocenters. The monoisotopic (exact) mass is 252 g/mol. The predicted molar refractivity (Wildman–Crippen MR) is 60.2 cm³/mol. The Kier molecular flexibility index (Phi) is 3.39. The summed E-state index contributed by atoms with van der Waals surface area (Å²) in [6.07, 6.45) is 0.724. The van der Waals surface area contributed by atoms with Gasteiger partial charge in [-0.25, -0.2) is 4.63 Å². The maximum absolute atomic E-state index is 10.5. The van der Waals surface area contributed by atoms with Crippen LogP contribution >= 0.6 is 11.6 Å². The largest absolute Gasteiger partial charge is 0.486 e. The molecule has 88 valence electrons. The van der Waals surface area contributed by atoms with Crippen molar-refractivity contribution < 1.29 is 14.2 Å². The Bertz CT molecular complexity index is 539. The van der Waals surface area contributed by atoms with Gasteiger partial charge in [0, 0.05) is 5.56 Å². The summed E-state index contributed by atoms with van der Waals surface area (Å²) in [5, 5.41) is 7.70. The first-order chi connectivity index (χ1) is 8.20. The minimum Gasteiger partial charge on any atom is -0.486 e. The second kappa shape index (κ2) is 4.97. The van der Waals surface area contributed by atoms with Crippen molar-refractivity contribution in [2.45, 2.75) is 13.5 Å². The summed E-state index contributed by atoms with van der Waals surface area (Å²) in [4.78, 5) is 10.5. The first-order valence-electron chi connectivity index (χ1n) is 4.86. The molecule has 0 aliphatic carbocycles. The predicted octanol–water partition coefficient (Wildman–Crippen LogP) is 2.42. The number of hydrogen-bond acceptors (Lipinski definition) is 5. The number of nitrogens with zero attached hydrogens (tertiary/aromatic N) is 2. The van der Waals surface area contributed by atoms with Crippen molar-refractivity contribution in [1.29, 1.82) is 0 Å². The van der Waals surface area contributed by atoms with E-state index in [-0.39, 0.29) is 6.61 Å². The van der Waals surface area contributed by atoms with Crippen LogP contribution in [-0.4, -0.2) is 16.6 Å². The standard InChI is InChI=1S/C11H9ClN2O3/c1-7-10(14-17-13-7)6-16-11-3-2-8(5-15)4-9(11)12/h2-5H,6H2,1H3. The van der Waals surface area contributed by atoms with Gasteiger partial charge in [-0.05, 0) is 25.1 Å². The van der Waals surface area contributed by atoms with Crippen molar-refractivity contribution in [1.82, 2.24) is 10.3 Å². The van der Waals surface area contributed by atoms with Crippen LogP contribution in [0.4, 0.5) is 0 Å². The van der Waals surface area contributed by atoms with Crippen molar-refractivity contribution in [2.24, 2.45) is 0 Å². The van der Waals surface area contributed by atoms with E-state index in [4.69, 9.17) is 16.3 Å². The van der Waals surface area contributed by atoms with Crippen molar-refractivity contribution in [3.05, 3.63) is 40.2 Å². The number of aldehydes is 1. The molecule has 6 heteroatoms. The lowest BCUT2D eigenvalue weighted by atomic mass is 10.2. The summed E-state index contributed by atoms with van der Waals surface area (Å²) in [5.74, 6) is 0.486. The van der Waals surface area contributed by atoms with Gasteiger partial charge in [0.1, 0.15) is 30.0 Å². The molecule has 0 radical (unpaired) electrons. The fourth-order valence-corrected chi connectivity index (χ4v) is 1.48. The van der Waals surface area contributed by atoms with E-state index in [1.165, 1.54) is 6.07 Å². The summed E-state index contributed by atoms with van der Waals surface area (Å²) in [6, 6.07) is 4.80. The summed E-state index contributed by atoms with van der Waals surface area (Å²) in [7, 11) is 0. The van der Waals surface area contributed by atoms with Crippen molar-refractivity contribution >= 4 is 17.9 Å². The van der Waals surface area contributed by atoms with Crippen LogP contribution in [0.1, 0.15) is 21.7 Å². The Hall–Kier alpha value is -1.88. The molecule has 0 bridgehead atoms. The van der Waals surface area contributed by atoms with Crippen LogP contribution in [0.15, 0.2) is 22.8 Å². The van der Waals surface area contributed by atoms with E-state index in [9.17, 15) is 4.79 Å². The lowest BCUT2D eigenvalue weighted by Crippen LogP contribution is -1.98. The molecule has 2 rings (SSSR count). The van der Waals surface area contributed by atoms with Gasteiger partial charge in [-0.2, -0.15) is 0 Å². The second-order valence-corrected chi connectivity index (χ2v) is 3.80. The average molecular weight is 253 g/mol. The van der Waals surface area contributed by atoms with Crippen LogP contribution in [0.5, 0.6) is 5.75 Å². The molecule has 0 unspecified atom stereocenters. The van der Waals surface area contributed by atoms with Crippen LogP contribution in [0.2, 0.25) is 5.02 Å². The van der Waals surface area contributed by atoms with Gasteiger partial charge in [0.05, 0.1) is 5.02 Å². The van der Waals surface area contributed by atoms with E-state index in [2.05, 4.69) is 14.9 Å². The third-order valence-electron chi connectivity index (χ3n) is 2.20. The van der Waals surface area contributed by atoms with Gasteiger partial charge in [0.15, 0.2) is 0 Å². The van der Waals surface area contributed by atoms with E-state index in [1.807, 2.05) is 0 Å². The molecule has 0 saturated heterocycles. The molecule has 2 aromatic rings. The van der Waals surface area contributed by atoms with Gasteiger partial charge in [-0.1, -0.05) is 21.9 Å². The third kappa shape index (κ3) is 2.62. The normalized spacial score (nSPS) is 10.2. The molecule has 0 fully saturated rings. The summed E-state index contributed by atoms with van der Waals surface area (Å²) in [5.41, 5.74) is 1.78. The number of rotatable bonds is 4. The molecule has 0 aliphatic rings. The average Bonchev–Trinajstić information content (AvgIpc) is 2.73. The number of benzene rings is 1. The van der Waals surface area contributed by atoms with E-state index >= 15 is 0 Å². The van der Waals surface area contributed by atoms with E-state index < -0.39 is 0 Å². The van der Waals surface area contributed by atoms with Crippen molar-refractivity contribution in [2.75, 3.05) is 0 Å². The highest BCUT2D eigenvalue weighted by atomic mass is 35.5. The SMILES string of the molecule is Cc1nonc1COc1ccc(C=O)cc1Cl. The lowest BCUT2D eigenvalue weighted by molar-refractivity contribution is 0.112. The molecule has 5 nitrogen and oxygen atoms in total. The molecule has 17 heavy (non-hydrogen) atoms. The fraction of sp³-hybridized carbons (Fsp3) is 0.182. The summed E-state index contributed by atoms with van der Waals surface area (Å²) >= 11 is 5.94. The number of aromatic nitrogens is 2. The summed E-state index contributed by atoms with van der Waals surface area (Å²) in [6.45, 7) is 1.99. The molecule has 0 aliphatic heterocycles. The topological polar surface area (TPSA) is 65.2 Å². The summed E-state index contributed by atoms with van der Waals surface area (Å²) < 4.78 is 9.99. The molecule has 0 spiro atoms. The maximum atomic E-state index is 10.5. The zero-order valence-electron chi connectivity index (χ0n) is 9.01. The Morgan fingerprint density at radius 1 is 1.47 bits per heavy atom. The van der Waals surface area contributed by atoms with E-state index in [0.29, 0.717) is 27.7 Å². The van der Waals surface area contributed by atoms with Gasteiger partial charge in [0.25, 0.3) is 0 Å². The molecule has 1 aromatic carbocycles. The Balaban J connectivity index is 2.09. The minimum atomic E-state index is 0.218.